The lowest BCUT2D eigenvalue weighted by molar-refractivity contribution is 0.0868. The van der Waals surface area contributed by atoms with E-state index in [1.165, 1.54) is 90.0 Å². The fourth-order valence-electron chi connectivity index (χ4n) is 5.39. The van der Waals surface area contributed by atoms with Gasteiger partial charge in [-0.05, 0) is 70.9 Å². The van der Waals surface area contributed by atoms with Gasteiger partial charge in [0.05, 0.1) is 0 Å². The Morgan fingerprint density at radius 3 is 1.95 bits per heavy atom. The third-order valence-electron chi connectivity index (χ3n) is 7.16. The van der Waals surface area contributed by atoms with Crippen molar-refractivity contribution in [2.75, 3.05) is 20.6 Å². The van der Waals surface area contributed by atoms with Gasteiger partial charge in [0.2, 0.25) is 0 Å². The molecule has 1 N–H and O–H groups in total. The van der Waals surface area contributed by atoms with Crippen LogP contribution in [0, 0.1) is 5.41 Å². The first-order chi connectivity index (χ1) is 10.1. The maximum atomic E-state index is 3.98. The molecule has 3 rings (SSSR count). The first-order valence-corrected chi connectivity index (χ1v) is 9.55. The monoisotopic (exact) mass is 292 g/mol. The van der Waals surface area contributed by atoms with E-state index < -0.39 is 0 Å². The summed E-state index contributed by atoms with van der Waals surface area (Å²) >= 11 is 0. The molecular weight excluding hydrogens is 256 g/mol. The van der Waals surface area contributed by atoms with E-state index in [2.05, 4.69) is 24.3 Å². The molecule has 21 heavy (non-hydrogen) atoms. The SMILES string of the molecule is CN(C)C1(CNC2CCC3(CCCC3)CC2)CCCCC1. The molecule has 1 spiro atoms. The van der Waals surface area contributed by atoms with Crippen LogP contribution in [0.15, 0.2) is 0 Å². The van der Waals surface area contributed by atoms with Crippen LogP contribution in [0.1, 0.15) is 83.5 Å². The third kappa shape index (κ3) is 3.47. The van der Waals surface area contributed by atoms with Gasteiger partial charge in [0.1, 0.15) is 0 Å². The van der Waals surface area contributed by atoms with Crippen LogP contribution in [0.2, 0.25) is 0 Å². The zero-order valence-electron chi connectivity index (χ0n) is 14.4. The average molecular weight is 293 g/mol. The zero-order chi connectivity index (χ0) is 14.8. The average Bonchev–Trinajstić information content (AvgIpc) is 2.96. The molecule has 3 aliphatic carbocycles. The van der Waals surface area contributed by atoms with Gasteiger partial charge in [0.15, 0.2) is 0 Å². The van der Waals surface area contributed by atoms with Gasteiger partial charge in [-0.15, -0.1) is 0 Å². The molecule has 0 heterocycles. The van der Waals surface area contributed by atoms with Crippen molar-refractivity contribution in [2.24, 2.45) is 5.41 Å². The second-order valence-corrected chi connectivity index (χ2v) is 8.54. The predicted octanol–water partition coefficient (Wildman–Crippen LogP) is 4.34. The van der Waals surface area contributed by atoms with Crippen LogP contribution in [-0.2, 0) is 0 Å². The first kappa shape index (κ1) is 15.8. The second-order valence-electron chi connectivity index (χ2n) is 8.54. The molecule has 2 nitrogen and oxygen atoms in total. The van der Waals surface area contributed by atoms with Gasteiger partial charge in [-0.2, -0.15) is 0 Å². The molecule has 0 aromatic rings. The largest absolute Gasteiger partial charge is 0.312 e. The van der Waals surface area contributed by atoms with Crippen LogP contribution < -0.4 is 5.32 Å². The highest BCUT2D eigenvalue weighted by Crippen LogP contribution is 2.49. The second kappa shape index (κ2) is 6.58. The molecule has 3 aliphatic rings. The molecule has 3 fully saturated rings. The van der Waals surface area contributed by atoms with Gasteiger partial charge < -0.3 is 10.2 Å². The molecule has 0 radical (unpaired) electrons. The highest BCUT2D eigenvalue weighted by Gasteiger charge is 2.39. The molecule has 122 valence electrons. The highest BCUT2D eigenvalue weighted by atomic mass is 15.2. The van der Waals surface area contributed by atoms with Crippen molar-refractivity contribution in [2.45, 2.75) is 95.1 Å². The van der Waals surface area contributed by atoms with Crippen molar-refractivity contribution in [3.63, 3.8) is 0 Å². The Morgan fingerprint density at radius 2 is 1.38 bits per heavy atom. The Kier molecular flexibility index (Phi) is 4.95. The van der Waals surface area contributed by atoms with Crippen molar-refractivity contribution < 1.29 is 0 Å². The van der Waals surface area contributed by atoms with E-state index in [4.69, 9.17) is 0 Å². The topological polar surface area (TPSA) is 15.3 Å². The van der Waals surface area contributed by atoms with Crippen LogP contribution in [0.25, 0.3) is 0 Å². The van der Waals surface area contributed by atoms with Crippen LogP contribution >= 0.6 is 0 Å². The van der Waals surface area contributed by atoms with E-state index in [0.717, 1.165) is 11.5 Å². The normalized spacial score (nSPS) is 29.3. The number of hydrogen-bond acceptors (Lipinski definition) is 2. The number of likely N-dealkylation sites (N-methyl/N-ethyl adjacent to an activating group) is 1. The van der Waals surface area contributed by atoms with Crippen molar-refractivity contribution in [1.29, 1.82) is 0 Å². The van der Waals surface area contributed by atoms with Crippen molar-refractivity contribution in [1.82, 2.24) is 10.2 Å². The molecular formula is C19H36N2. The van der Waals surface area contributed by atoms with Crippen LogP contribution in [0.4, 0.5) is 0 Å². The van der Waals surface area contributed by atoms with E-state index in [9.17, 15) is 0 Å². The van der Waals surface area contributed by atoms with Crippen molar-refractivity contribution in [3.8, 4) is 0 Å². The molecule has 0 aliphatic heterocycles. The van der Waals surface area contributed by atoms with Crippen LogP contribution in [-0.4, -0.2) is 37.1 Å². The lowest BCUT2D eigenvalue weighted by Gasteiger charge is -2.45. The van der Waals surface area contributed by atoms with Gasteiger partial charge in [-0.3, -0.25) is 0 Å². The summed E-state index contributed by atoms with van der Waals surface area (Å²) in [6, 6.07) is 0.801. The van der Waals surface area contributed by atoms with Crippen LogP contribution in [0.3, 0.4) is 0 Å². The number of nitrogens with zero attached hydrogens (tertiary/aromatic N) is 1. The molecule has 0 aromatic carbocycles. The highest BCUT2D eigenvalue weighted by molar-refractivity contribution is 4.96. The zero-order valence-corrected chi connectivity index (χ0v) is 14.4. The van der Waals surface area contributed by atoms with Gasteiger partial charge in [-0.25, -0.2) is 0 Å². The van der Waals surface area contributed by atoms with E-state index in [0.29, 0.717) is 5.54 Å². The molecule has 0 amide bonds. The summed E-state index contributed by atoms with van der Waals surface area (Å²) in [5.74, 6) is 0. The van der Waals surface area contributed by atoms with Crippen LogP contribution in [0.5, 0.6) is 0 Å². The van der Waals surface area contributed by atoms with Gasteiger partial charge in [0.25, 0.3) is 0 Å². The van der Waals surface area contributed by atoms with E-state index in [1.807, 2.05) is 0 Å². The summed E-state index contributed by atoms with van der Waals surface area (Å²) in [7, 11) is 4.59. The van der Waals surface area contributed by atoms with Crippen molar-refractivity contribution >= 4 is 0 Å². The predicted molar refractivity (Wildman–Crippen MR) is 90.7 cm³/mol. The fraction of sp³-hybridized carbons (Fsp3) is 1.00. The maximum Gasteiger partial charge on any atom is 0.0327 e. The Morgan fingerprint density at radius 1 is 0.810 bits per heavy atom. The quantitative estimate of drug-likeness (QED) is 0.829. The molecule has 3 saturated carbocycles. The summed E-state index contributed by atoms with van der Waals surface area (Å²) in [4.78, 5) is 2.51. The lowest BCUT2D eigenvalue weighted by atomic mass is 9.71. The smallest absolute Gasteiger partial charge is 0.0327 e. The minimum atomic E-state index is 0.445. The standard InChI is InChI=1S/C19H36N2/c1-21(2)19(12-4-3-5-13-19)16-20-17-8-14-18(15-9-17)10-6-7-11-18/h17,20H,3-16H2,1-2H3. The molecule has 0 aromatic heterocycles. The summed E-state index contributed by atoms with van der Waals surface area (Å²) in [5, 5.41) is 3.98. The Labute approximate surface area is 132 Å². The molecule has 0 bridgehead atoms. The molecule has 0 saturated heterocycles. The van der Waals surface area contributed by atoms with Gasteiger partial charge in [-0.1, -0.05) is 32.1 Å². The summed E-state index contributed by atoms with van der Waals surface area (Å²) in [6.07, 6.45) is 19.0. The summed E-state index contributed by atoms with van der Waals surface area (Å²) in [6.45, 7) is 1.22. The Balaban J connectivity index is 1.48. The summed E-state index contributed by atoms with van der Waals surface area (Å²) < 4.78 is 0. The number of nitrogens with one attached hydrogen (secondary N) is 1. The molecule has 0 unspecified atom stereocenters. The van der Waals surface area contributed by atoms with E-state index >= 15 is 0 Å². The maximum absolute atomic E-state index is 3.98. The fourth-order valence-corrected chi connectivity index (χ4v) is 5.39. The van der Waals surface area contributed by atoms with Gasteiger partial charge >= 0.3 is 0 Å². The first-order valence-electron chi connectivity index (χ1n) is 9.55. The lowest BCUT2D eigenvalue weighted by Crippen LogP contribution is -2.55. The Hall–Kier alpha value is -0.0800. The van der Waals surface area contributed by atoms with E-state index in [-0.39, 0.29) is 0 Å². The number of rotatable bonds is 4. The summed E-state index contributed by atoms with van der Waals surface area (Å²) in [5.41, 5.74) is 1.23. The van der Waals surface area contributed by atoms with Crippen molar-refractivity contribution in [3.05, 3.63) is 0 Å². The third-order valence-corrected chi connectivity index (χ3v) is 7.16. The van der Waals surface area contributed by atoms with Gasteiger partial charge in [0, 0.05) is 18.1 Å². The minimum Gasteiger partial charge on any atom is -0.312 e. The molecule has 0 atom stereocenters. The number of hydrogen-bond donors (Lipinski definition) is 1. The van der Waals surface area contributed by atoms with E-state index in [1.54, 1.807) is 0 Å². The minimum absolute atomic E-state index is 0.445. The Bertz CT molecular complexity index is 314. The molecule has 2 heteroatoms.